The van der Waals surface area contributed by atoms with Crippen LogP contribution >= 0.6 is 11.8 Å². The zero-order valence-electron chi connectivity index (χ0n) is 16.0. The highest BCUT2D eigenvalue weighted by atomic mass is 32.2. The SMILES string of the molecule is C[C@@H]1COC[C@]2(c3cc(N)ccc3F)N=C(OC(N)=O)SC(C(C)(C)C)[C@H]12. The highest BCUT2D eigenvalue weighted by Gasteiger charge is 2.57. The minimum Gasteiger partial charge on any atom is -0.399 e. The number of nitrogens with two attached hydrogens (primary N) is 2. The predicted octanol–water partition coefficient (Wildman–Crippen LogP) is 3.50. The molecule has 0 spiro atoms. The molecule has 0 bridgehead atoms. The molecule has 1 aromatic rings. The second-order valence-corrected chi connectivity index (χ2v) is 9.48. The van der Waals surface area contributed by atoms with Gasteiger partial charge in [0, 0.05) is 29.0 Å². The number of benzene rings is 1. The lowest BCUT2D eigenvalue weighted by Crippen LogP contribution is -2.57. The van der Waals surface area contributed by atoms with Crippen LogP contribution in [-0.4, -0.2) is 29.8 Å². The van der Waals surface area contributed by atoms with Crippen LogP contribution < -0.4 is 11.5 Å². The topological polar surface area (TPSA) is 99.9 Å². The molecular weight excluding hydrogens is 369 g/mol. The molecule has 1 amide bonds. The van der Waals surface area contributed by atoms with Crippen molar-refractivity contribution in [1.82, 2.24) is 0 Å². The molecule has 2 aliphatic rings. The Morgan fingerprint density at radius 1 is 1.44 bits per heavy atom. The standard InChI is InChI=1S/C19H26FN3O3S/c1-10-8-25-9-19(12-7-11(21)5-6-13(12)20)14(10)15(18(2,3)4)27-17(23-19)26-16(22)24/h5-7,10,14-15H,8-9,21H2,1-4H3,(H2,22,24)/t10-,14+,15?,19-/m1/s1. The summed E-state index contributed by atoms with van der Waals surface area (Å²) in [4.78, 5) is 16.1. The normalized spacial score (nSPS) is 31.0. The fourth-order valence-electron chi connectivity index (χ4n) is 4.14. The molecule has 4 N–H and O–H groups in total. The maximum atomic E-state index is 14.9. The van der Waals surface area contributed by atoms with Gasteiger partial charge in [0.05, 0.1) is 6.61 Å². The molecule has 0 aliphatic carbocycles. The van der Waals surface area contributed by atoms with Gasteiger partial charge in [-0.1, -0.05) is 39.5 Å². The molecule has 0 saturated carbocycles. The van der Waals surface area contributed by atoms with Crippen LogP contribution in [0.3, 0.4) is 0 Å². The van der Waals surface area contributed by atoms with Gasteiger partial charge < -0.3 is 20.9 Å². The summed E-state index contributed by atoms with van der Waals surface area (Å²) in [5.74, 6) is -0.323. The van der Waals surface area contributed by atoms with E-state index in [4.69, 9.17) is 25.9 Å². The molecule has 3 rings (SSSR count). The van der Waals surface area contributed by atoms with E-state index < -0.39 is 17.4 Å². The molecule has 4 atom stereocenters. The van der Waals surface area contributed by atoms with E-state index in [1.165, 1.54) is 23.9 Å². The maximum absolute atomic E-state index is 14.9. The van der Waals surface area contributed by atoms with Crippen molar-refractivity contribution in [2.45, 2.75) is 38.5 Å². The number of aliphatic imine (C=N–C) groups is 1. The van der Waals surface area contributed by atoms with E-state index in [0.717, 1.165) is 0 Å². The van der Waals surface area contributed by atoms with Crippen molar-refractivity contribution in [3.05, 3.63) is 29.6 Å². The number of nitrogens with zero attached hydrogens (tertiary/aromatic N) is 1. The Hall–Kier alpha value is -1.80. The Bertz CT molecular complexity index is 780. The van der Waals surface area contributed by atoms with Gasteiger partial charge in [0.1, 0.15) is 11.4 Å². The summed E-state index contributed by atoms with van der Waals surface area (Å²) in [6.07, 6.45) is -0.944. The lowest BCUT2D eigenvalue weighted by atomic mass is 9.65. The lowest BCUT2D eigenvalue weighted by molar-refractivity contribution is -0.0528. The second-order valence-electron chi connectivity index (χ2n) is 8.39. The molecular formula is C19H26FN3O3S. The van der Waals surface area contributed by atoms with Crippen LogP contribution in [0.25, 0.3) is 0 Å². The Kier molecular flexibility index (Phi) is 5.16. The molecule has 6 nitrogen and oxygen atoms in total. The first-order valence-corrected chi connectivity index (χ1v) is 9.79. The van der Waals surface area contributed by atoms with Gasteiger partial charge in [-0.2, -0.15) is 0 Å². The number of rotatable bonds is 1. The summed E-state index contributed by atoms with van der Waals surface area (Å²) in [7, 11) is 0. The number of nitrogen functional groups attached to an aromatic ring is 1. The second kappa shape index (κ2) is 6.98. The van der Waals surface area contributed by atoms with Crippen LogP contribution in [0.2, 0.25) is 0 Å². The quantitative estimate of drug-likeness (QED) is 0.709. The zero-order chi connectivity index (χ0) is 20.0. The third-order valence-corrected chi connectivity index (χ3v) is 6.84. The van der Waals surface area contributed by atoms with Crippen LogP contribution in [0.15, 0.2) is 23.2 Å². The lowest BCUT2D eigenvalue weighted by Gasteiger charge is -2.53. The van der Waals surface area contributed by atoms with E-state index in [2.05, 4.69) is 27.7 Å². The Morgan fingerprint density at radius 3 is 2.78 bits per heavy atom. The highest BCUT2D eigenvalue weighted by Crippen LogP contribution is 2.55. The van der Waals surface area contributed by atoms with Crippen LogP contribution in [0.1, 0.15) is 33.3 Å². The van der Waals surface area contributed by atoms with Gasteiger partial charge >= 0.3 is 6.09 Å². The van der Waals surface area contributed by atoms with E-state index in [0.29, 0.717) is 17.9 Å². The predicted molar refractivity (Wildman–Crippen MR) is 105 cm³/mol. The van der Waals surface area contributed by atoms with Crippen LogP contribution in [0.4, 0.5) is 14.9 Å². The summed E-state index contributed by atoms with van der Waals surface area (Å²) >= 11 is 1.38. The summed E-state index contributed by atoms with van der Waals surface area (Å²) in [5.41, 5.74) is 10.8. The van der Waals surface area contributed by atoms with Gasteiger partial charge in [-0.3, -0.25) is 0 Å². The molecule has 2 heterocycles. The number of primary amides is 1. The first-order valence-electron chi connectivity index (χ1n) is 8.91. The van der Waals surface area contributed by atoms with Gasteiger partial charge in [-0.15, -0.1) is 0 Å². The fourth-order valence-corrected chi connectivity index (χ4v) is 5.69. The molecule has 0 aromatic heterocycles. The van der Waals surface area contributed by atoms with Crippen molar-refractivity contribution >= 4 is 28.8 Å². The third-order valence-electron chi connectivity index (χ3n) is 5.21. The molecule has 148 valence electrons. The first kappa shape index (κ1) is 19.9. The van der Waals surface area contributed by atoms with Crippen molar-refractivity contribution < 1.29 is 18.7 Å². The Balaban J connectivity index is 2.26. The molecule has 1 fully saturated rings. The first-order chi connectivity index (χ1) is 12.5. The van der Waals surface area contributed by atoms with Crippen LogP contribution in [0.5, 0.6) is 0 Å². The third kappa shape index (κ3) is 3.65. The van der Waals surface area contributed by atoms with Crippen LogP contribution in [0, 0.1) is 23.1 Å². The summed E-state index contributed by atoms with van der Waals surface area (Å²) in [6, 6.07) is 4.46. The van der Waals surface area contributed by atoms with E-state index in [9.17, 15) is 9.18 Å². The average molecular weight is 396 g/mol. The average Bonchev–Trinajstić information content (AvgIpc) is 2.55. The number of hydrogen-bond donors (Lipinski definition) is 2. The maximum Gasteiger partial charge on any atom is 0.411 e. The van der Waals surface area contributed by atoms with Crippen molar-refractivity contribution in [3.63, 3.8) is 0 Å². The van der Waals surface area contributed by atoms with Gasteiger partial charge in [0.25, 0.3) is 5.23 Å². The number of halogens is 1. The molecule has 27 heavy (non-hydrogen) atoms. The number of ether oxygens (including phenoxy) is 2. The number of fused-ring (bicyclic) bond motifs is 1. The van der Waals surface area contributed by atoms with E-state index in [-0.39, 0.29) is 34.3 Å². The highest BCUT2D eigenvalue weighted by molar-refractivity contribution is 8.14. The summed E-state index contributed by atoms with van der Waals surface area (Å²) < 4.78 is 25.9. The molecule has 1 aromatic carbocycles. The van der Waals surface area contributed by atoms with E-state index in [1.54, 1.807) is 6.07 Å². The molecule has 8 heteroatoms. The number of amides is 1. The summed E-state index contributed by atoms with van der Waals surface area (Å²) in [6.45, 7) is 9.16. The van der Waals surface area contributed by atoms with Crippen molar-refractivity contribution in [3.8, 4) is 0 Å². The molecule has 0 radical (unpaired) electrons. The monoisotopic (exact) mass is 395 g/mol. The minimum atomic E-state index is -1.04. The molecule has 1 unspecified atom stereocenters. The Morgan fingerprint density at radius 2 is 2.15 bits per heavy atom. The zero-order valence-corrected chi connectivity index (χ0v) is 16.8. The van der Waals surface area contributed by atoms with E-state index >= 15 is 0 Å². The van der Waals surface area contributed by atoms with Crippen molar-refractivity contribution in [2.75, 3.05) is 18.9 Å². The minimum absolute atomic E-state index is 0.00378. The van der Waals surface area contributed by atoms with Crippen molar-refractivity contribution in [1.29, 1.82) is 0 Å². The smallest absolute Gasteiger partial charge is 0.399 e. The van der Waals surface area contributed by atoms with E-state index in [1.807, 2.05) is 0 Å². The number of hydrogen-bond acceptors (Lipinski definition) is 6. The summed E-state index contributed by atoms with van der Waals surface area (Å²) in [5, 5.41) is 0.141. The van der Waals surface area contributed by atoms with Crippen LogP contribution in [-0.2, 0) is 15.0 Å². The van der Waals surface area contributed by atoms with Crippen molar-refractivity contribution in [2.24, 2.45) is 28.0 Å². The number of anilines is 1. The van der Waals surface area contributed by atoms with Gasteiger partial charge in [-0.25, -0.2) is 14.2 Å². The van der Waals surface area contributed by atoms with Gasteiger partial charge in [0.15, 0.2) is 0 Å². The molecule has 2 aliphatic heterocycles. The van der Waals surface area contributed by atoms with Gasteiger partial charge in [-0.05, 0) is 29.5 Å². The largest absolute Gasteiger partial charge is 0.411 e. The number of carbonyl (C=O) groups is 1. The Labute approximate surface area is 162 Å². The number of thioether (sulfide) groups is 1. The fraction of sp³-hybridized carbons (Fsp3) is 0.579. The number of carbonyl (C=O) groups excluding carboxylic acids is 1. The van der Waals surface area contributed by atoms with Gasteiger partial charge in [0.2, 0.25) is 0 Å². The molecule has 1 saturated heterocycles.